The largest absolute Gasteiger partial charge is 0.493 e. The van der Waals surface area contributed by atoms with Crippen LogP contribution in [0.2, 0.25) is 5.02 Å². The number of carbonyl (C=O) groups excluding carboxylic acids is 1. The van der Waals surface area contributed by atoms with E-state index in [2.05, 4.69) is 4.98 Å². The Balaban J connectivity index is 1.79. The van der Waals surface area contributed by atoms with Crippen molar-refractivity contribution in [3.8, 4) is 11.5 Å². The van der Waals surface area contributed by atoms with E-state index in [4.69, 9.17) is 26.1 Å². The first kappa shape index (κ1) is 20.1. The summed E-state index contributed by atoms with van der Waals surface area (Å²) in [5.41, 5.74) is 2.10. The van der Waals surface area contributed by atoms with E-state index in [-0.39, 0.29) is 5.91 Å². The van der Waals surface area contributed by atoms with Gasteiger partial charge in [-0.3, -0.25) is 14.7 Å². The molecule has 0 bridgehead atoms. The van der Waals surface area contributed by atoms with Crippen LogP contribution in [-0.2, 0) is 6.54 Å². The number of carbonyl (C=O) groups is 1. The maximum absolute atomic E-state index is 13.4. The highest BCUT2D eigenvalue weighted by atomic mass is 35.5. The molecule has 8 heteroatoms. The molecule has 0 atom stereocenters. The zero-order valence-corrected chi connectivity index (χ0v) is 17.9. The molecule has 0 aliphatic rings. The number of aromatic nitrogens is 2. The molecule has 1 amide bonds. The molecule has 0 spiro atoms. The van der Waals surface area contributed by atoms with E-state index >= 15 is 0 Å². The van der Waals surface area contributed by atoms with Gasteiger partial charge in [0.2, 0.25) is 0 Å². The van der Waals surface area contributed by atoms with Gasteiger partial charge in [-0.25, -0.2) is 4.98 Å². The molecule has 30 heavy (non-hydrogen) atoms. The summed E-state index contributed by atoms with van der Waals surface area (Å²) in [5, 5.41) is 1.06. The molecule has 0 radical (unpaired) electrons. The lowest BCUT2D eigenvalue weighted by molar-refractivity contribution is 0.0985. The van der Waals surface area contributed by atoms with E-state index < -0.39 is 0 Å². The minimum atomic E-state index is -0.195. The van der Waals surface area contributed by atoms with Crippen molar-refractivity contribution in [1.82, 2.24) is 9.97 Å². The van der Waals surface area contributed by atoms with E-state index in [9.17, 15) is 4.79 Å². The quantitative estimate of drug-likeness (QED) is 0.412. The maximum Gasteiger partial charge on any atom is 0.260 e. The predicted molar refractivity (Wildman–Crippen MR) is 119 cm³/mol. The normalized spacial score (nSPS) is 10.8. The lowest BCUT2D eigenvalue weighted by atomic mass is 10.2. The van der Waals surface area contributed by atoms with E-state index in [1.165, 1.54) is 11.3 Å². The first-order valence-electron chi connectivity index (χ1n) is 9.08. The standard InChI is InChI=1S/C22H18ClN3O3S/c1-28-18-10-17-20(11-19(18)29-2)30-22(25-17)26(13-14-5-4-8-24-12-14)21(27)15-6-3-7-16(23)9-15/h3-12H,13H2,1-2H3. The van der Waals surface area contributed by atoms with Crippen molar-refractivity contribution in [2.24, 2.45) is 0 Å². The summed E-state index contributed by atoms with van der Waals surface area (Å²) in [7, 11) is 3.16. The Morgan fingerprint density at radius 3 is 2.60 bits per heavy atom. The third kappa shape index (κ3) is 4.08. The van der Waals surface area contributed by atoms with Crippen LogP contribution in [0.15, 0.2) is 60.9 Å². The Morgan fingerprint density at radius 2 is 1.90 bits per heavy atom. The zero-order valence-electron chi connectivity index (χ0n) is 16.3. The fourth-order valence-electron chi connectivity index (χ4n) is 3.04. The Labute approximate surface area is 182 Å². The number of halogens is 1. The highest BCUT2D eigenvalue weighted by Gasteiger charge is 2.23. The van der Waals surface area contributed by atoms with Crippen molar-refractivity contribution in [2.45, 2.75) is 6.54 Å². The van der Waals surface area contributed by atoms with E-state index in [0.29, 0.717) is 33.8 Å². The molecule has 152 valence electrons. The van der Waals surface area contributed by atoms with Crippen LogP contribution in [0.4, 0.5) is 5.13 Å². The molecule has 0 fully saturated rings. The Kier molecular flexibility index (Phi) is 5.83. The van der Waals surface area contributed by atoms with Crippen molar-refractivity contribution in [1.29, 1.82) is 0 Å². The molecule has 2 aromatic heterocycles. The van der Waals surface area contributed by atoms with Crippen molar-refractivity contribution in [3.63, 3.8) is 0 Å². The lowest BCUT2D eigenvalue weighted by Crippen LogP contribution is -2.30. The summed E-state index contributed by atoms with van der Waals surface area (Å²) in [6.07, 6.45) is 3.43. The van der Waals surface area contributed by atoms with Crippen LogP contribution in [0, 0.1) is 0 Å². The van der Waals surface area contributed by atoms with Crippen LogP contribution in [0.25, 0.3) is 10.2 Å². The van der Waals surface area contributed by atoms with E-state index in [1.807, 2.05) is 18.2 Å². The number of methoxy groups -OCH3 is 2. The van der Waals surface area contributed by atoms with Crippen LogP contribution < -0.4 is 14.4 Å². The minimum absolute atomic E-state index is 0.195. The molecule has 2 heterocycles. The second kappa shape index (κ2) is 8.69. The molecule has 0 saturated carbocycles. The van der Waals surface area contributed by atoms with Gasteiger partial charge < -0.3 is 9.47 Å². The summed E-state index contributed by atoms with van der Waals surface area (Å²) in [6, 6.07) is 14.3. The SMILES string of the molecule is COc1cc2nc(N(Cc3cccnc3)C(=O)c3cccc(Cl)c3)sc2cc1OC. The van der Waals surface area contributed by atoms with E-state index in [1.54, 1.807) is 61.8 Å². The lowest BCUT2D eigenvalue weighted by Gasteiger charge is -2.20. The monoisotopic (exact) mass is 439 g/mol. The third-order valence-corrected chi connectivity index (χ3v) is 5.77. The van der Waals surface area contributed by atoms with Gasteiger partial charge in [0.15, 0.2) is 16.6 Å². The van der Waals surface area contributed by atoms with Crippen LogP contribution in [0.3, 0.4) is 0 Å². The Hall–Kier alpha value is -3.16. The fraction of sp³-hybridized carbons (Fsp3) is 0.136. The number of ether oxygens (including phenoxy) is 2. The number of hydrogen-bond donors (Lipinski definition) is 0. The molecule has 0 aliphatic heterocycles. The zero-order chi connectivity index (χ0) is 21.1. The van der Waals surface area contributed by atoms with Crippen LogP contribution in [0.5, 0.6) is 11.5 Å². The number of anilines is 1. The number of rotatable bonds is 6. The van der Waals surface area contributed by atoms with Gasteiger partial charge in [0.05, 0.1) is 31.0 Å². The molecule has 0 N–H and O–H groups in total. The summed E-state index contributed by atoms with van der Waals surface area (Å²) >= 11 is 7.51. The van der Waals surface area contributed by atoms with Gasteiger partial charge in [-0.05, 0) is 29.8 Å². The number of thiazole rings is 1. The Bertz CT molecular complexity index is 1160. The van der Waals surface area contributed by atoms with E-state index in [0.717, 1.165) is 15.8 Å². The summed E-state index contributed by atoms with van der Waals surface area (Å²) in [6.45, 7) is 0.327. The third-order valence-electron chi connectivity index (χ3n) is 4.49. The second-order valence-corrected chi connectivity index (χ2v) is 7.88. The van der Waals surface area contributed by atoms with Crippen molar-refractivity contribution in [3.05, 3.63) is 77.1 Å². The molecule has 2 aromatic carbocycles. The number of amides is 1. The summed E-state index contributed by atoms with van der Waals surface area (Å²) in [4.78, 5) is 23.9. The van der Waals surface area contributed by atoms with Crippen molar-refractivity contribution >= 4 is 44.2 Å². The molecule has 0 saturated heterocycles. The molecule has 6 nitrogen and oxygen atoms in total. The molecule has 4 rings (SSSR count). The highest BCUT2D eigenvalue weighted by Crippen LogP contribution is 2.38. The molecular formula is C22H18ClN3O3S. The van der Waals surface area contributed by atoms with Gasteiger partial charge in [0, 0.05) is 35.1 Å². The molecule has 0 unspecified atom stereocenters. The first-order valence-corrected chi connectivity index (χ1v) is 10.3. The fourth-order valence-corrected chi connectivity index (χ4v) is 4.20. The average molecular weight is 440 g/mol. The van der Waals surface area contributed by atoms with Gasteiger partial charge in [0.1, 0.15) is 0 Å². The smallest absolute Gasteiger partial charge is 0.260 e. The van der Waals surface area contributed by atoms with Crippen LogP contribution in [0.1, 0.15) is 15.9 Å². The number of pyridine rings is 1. The van der Waals surface area contributed by atoms with Gasteiger partial charge in [-0.15, -0.1) is 0 Å². The maximum atomic E-state index is 13.4. The molecule has 4 aromatic rings. The average Bonchev–Trinajstić information content (AvgIpc) is 3.19. The van der Waals surface area contributed by atoms with Crippen LogP contribution in [-0.4, -0.2) is 30.1 Å². The number of fused-ring (bicyclic) bond motifs is 1. The summed E-state index contributed by atoms with van der Waals surface area (Å²) in [5.74, 6) is 1.00. The number of nitrogens with zero attached hydrogens (tertiary/aromatic N) is 3. The van der Waals surface area contributed by atoms with Gasteiger partial charge in [-0.1, -0.05) is 35.1 Å². The summed E-state index contributed by atoms with van der Waals surface area (Å²) < 4.78 is 11.7. The van der Waals surface area contributed by atoms with Crippen molar-refractivity contribution < 1.29 is 14.3 Å². The predicted octanol–water partition coefficient (Wildman–Crippen LogP) is 5.21. The van der Waals surface area contributed by atoms with Gasteiger partial charge in [0.25, 0.3) is 5.91 Å². The molecule has 0 aliphatic carbocycles. The van der Waals surface area contributed by atoms with Gasteiger partial charge in [-0.2, -0.15) is 0 Å². The number of hydrogen-bond acceptors (Lipinski definition) is 6. The molecular weight excluding hydrogens is 422 g/mol. The number of benzene rings is 2. The second-order valence-electron chi connectivity index (χ2n) is 6.43. The van der Waals surface area contributed by atoms with Crippen LogP contribution >= 0.6 is 22.9 Å². The first-order chi connectivity index (χ1) is 14.6. The minimum Gasteiger partial charge on any atom is -0.493 e. The Morgan fingerprint density at radius 1 is 1.10 bits per heavy atom. The topological polar surface area (TPSA) is 64.5 Å². The highest BCUT2D eigenvalue weighted by molar-refractivity contribution is 7.22. The van der Waals surface area contributed by atoms with Crippen molar-refractivity contribution in [2.75, 3.05) is 19.1 Å². The van der Waals surface area contributed by atoms with Gasteiger partial charge >= 0.3 is 0 Å².